The van der Waals surface area contributed by atoms with E-state index in [9.17, 15) is 0 Å². The minimum atomic E-state index is -0.341. The molecule has 0 atom stereocenters. The fourth-order valence-corrected chi connectivity index (χ4v) is 2.41. The quantitative estimate of drug-likeness (QED) is 0.639. The van der Waals surface area contributed by atoms with Gasteiger partial charge in [0.1, 0.15) is 11.6 Å². The number of benzene rings is 1. The number of nitrogens with two attached hydrogens (primary N) is 1. The topological polar surface area (TPSA) is 72.0 Å². The summed E-state index contributed by atoms with van der Waals surface area (Å²) in [5.41, 5.74) is 6.31. The Hall–Kier alpha value is -2.10. The molecule has 3 rings (SSSR count). The average Bonchev–Trinajstić information content (AvgIpc) is 3.19. The highest BCUT2D eigenvalue weighted by Crippen LogP contribution is 2.49. The van der Waals surface area contributed by atoms with Gasteiger partial charge in [-0.15, -0.1) is 0 Å². The number of amidine groups is 1. The molecule has 1 fully saturated rings. The maximum atomic E-state index is 7.78. The molecule has 1 aromatic carbocycles. The van der Waals surface area contributed by atoms with E-state index < -0.39 is 0 Å². The van der Waals surface area contributed by atoms with Crippen LogP contribution in [-0.4, -0.2) is 17.9 Å². The van der Waals surface area contributed by atoms with Gasteiger partial charge in [-0.3, -0.25) is 10.4 Å². The van der Waals surface area contributed by atoms with Gasteiger partial charge >= 0.3 is 0 Å². The van der Waals surface area contributed by atoms with Crippen LogP contribution in [-0.2, 0) is 5.41 Å². The molecule has 4 heteroatoms. The van der Waals surface area contributed by atoms with Crippen LogP contribution < -0.4 is 10.5 Å². The molecule has 0 spiro atoms. The summed E-state index contributed by atoms with van der Waals surface area (Å²) >= 11 is 0. The van der Waals surface area contributed by atoms with Crippen LogP contribution in [0.3, 0.4) is 0 Å². The lowest BCUT2D eigenvalue weighted by Gasteiger charge is -2.15. The number of ether oxygens (including phenoxy) is 1. The Morgan fingerprint density at radius 3 is 2.78 bits per heavy atom. The van der Waals surface area contributed by atoms with Crippen LogP contribution in [0.2, 0.25) is 0 Å². The van der Waals surface area contributed by atoms with Gasteiger partial charge in [0.2, 0.25) is 0 Å². The highest BCUT2D eigenvalue weighted by molar-refractivity contribution is 5.97. The molecule has 0 amide bonds. The Balaban J connectivity index is 2.26. The summed E-state index contributed by atoms with van der Waals surface area (Å²) < 4.78 is 5.26. The van der Waals surface area contributed by atoms with Gasteiger partial charge in [0.05, 0.1) is 18.2 Å². The third-order valence-corrected chi connectivity index (χ3v) is 3.69. The van der Waals surface area contributed by atoms with Crippen molar-refractivity contribution < 1.29 is 4.74 Å². The molecule has 1 aliphatic carbocycles. The zero-order valence-corrected chi connectivity index (χ0v) is 10.2. The van der Waals surface area contributed by atoms with E-state index in [0.717, 1.165) is 35.1 Å². The van der Waals surface area contributed by atoms with Crippen LogP contribution in [0.4, 0.5) is 0 Å². The van der Waals surface area contributed by atoms with Crippen molar-refractivity contribution in [1.29, 1.82) is 5.41 Å². The van der Waals surface area contributed by atoms with Crippen LogP contribution in [0.15, 0.2) is 30.5 Å². The van der Waals surface area contributed by atoms with Crippen LogP contribution in [0.25, 0.3) is 10.8 Å². The van der Waals surface area contributed by atoms with Crippen LogP contribution >= 0.6 is 0 Å². The average molecular weight is 241 g/mol. The van der Waals surface area contributed by atoms with Crippen LogP contribution in [0.1, 0.15) is 18.5 Å². The van der Waals surface area contributed by atoms with Crippen molar-refractivity contribution in [1.82, 2.24) is 4.98 Å². The zero-order chi connectivity index (χ0) is 12.8. The molecule has 0 bridgehead atoms. The summed E-state index contributed by atoms with van der Waals surface area (Å²) in [6.45, 7) is 0. The largest absolute Gasteiger partial charge is 0.497 e. The molecule has 1 aliphatic rings. The number of hydrogen-bond donors (Lipinski definition) is 2. The number of rotatable bonds is 3. The smallest absolute Gasteiger partial charge is 0.119 e. The third-order valence-electron chi connectivity index (χ3n) is 3.69. The monoisotopic (exact) mass is 241 g/mol. The van der Waals surface area contributed by atoms with Gasteiger partial charge in [-0.2, -0.15) is 0 Å². The fraction of sp³-hybridized carbons (Fsp3) is 0.286. The third kappa shape index (κ3) is 1.45. The summed E-state index contributed by atoms with van der Waals surface area (Å²) in [7, 11) is 1.65. The first-order chi connectivity index (χ1) is 8.67. The van der Waals surface area contributed by atoms with E-state index in [0.29, 0.717) is 0 Å². The first-order valence-corrected chi connectivity index (χ1v) is 5.95. The molecule has 0 unspecified atom stereocenters. The van der Waals surface area contributed by atoms with E-state index in [2.05, 4.69) is 4.98 Å². The minimum absolute atomic E-state index is 0.213. The predicted molar refractivity (Wildman–Crippen MR) is 71.1 cm³/mol. The maximum absolute atomic E-state index is 7.78. The molecule has 1 heterocycles. The second-order valence-corrected chi connectivity index (χ2v) is 4.74. The summed E-state index contributed by atoms with van der Waals surface area (Å²) in [5.74, 6) is 1.02. The van der Waals surface area contributed by atoms with E-state index in [1.807, 2.05) is 24.3 Å². The second kappa shape index (κ2) is 3.70. The predicted octanol–water partition coefficient (Wildman–Crippen LogP) is 2.21. The maximum Gasteiger partial charge on any atom is 0.119 e. The van der Waals surface area contributed by atoms with Crippen molar-refractivity contribution in [3.8, 4) is 5.75 Å². The normalized spacial score (nSPS) is 16.5. The molecular formula is C14H15N3O. The minimum Gasteiger partial charge on any atom is -0.497 e. The fourth-order valence-electron chi connectivity index (χ4n) is 2.41. The number of fused-ring (bicyclic) bond motifs is 1. The number of aromatic nitrogens is 1. The highest BCUT2D eigenvalue weighted by atomic mass is 16.5. The lowest BCUT2D eigenvalue weighted by molar-refractivity contribution is 0.415. The molecule has 2 aromatic rings. The van der Waals surface area contributed by atoms with Gasteiger partial charge in [0, 0.05) is 11.6 Å². The molecule has 1 saturated carbocycles. The SMILES string of the molecule is COc1ccc2ccnc(C3(C(=N)N)CC3)c2c1. The van der Waals surface area contributed by atoms with Crippen LogP contribution in [0, 0.1) is 5.41 Å². The molecule has 1 aromatic heterocycles. The summed E-state index contributed by atoms with van der Waals surface area (Å²) in [6, 6.07) is 7.88. The molecular weight excluding hydrogens is 226 g/mol. The summed E-state index contributed by atoms with van der Waals surface area (Å²) in [5, 5.41) is 9.91. The standard InChI is InChI=1S/C14H15N3O/c1-18-10-3-2-9-4-7-17-12(11(9)8-10)14(5-6-14)13(15)16/h2-4,7-8H,5-6H2,1H3,(H3,15,16). The van der Waals surface area contributed by atoms with E-state index in [1.54, 1.807) is 13.3 Å². The Labute approximate surface area is 105 Å². The number of hydrogen-bond acceptors (Lipinski definition) is 3. The number of methoxy groups -OCH3 is 1. The van der Waals surface area contributed by atoms with Crippen molar-refractivity contribution in [3.63, 3.8) is 0 Å². The van der Waals surface area contributed by atoms with Crippen molar-refractivity contribution in [2.24, 2.45) is 5.73 Å². The van der Waals surface area contributed by atoms with Gasteiger partial charge in [-0.05, 0) is 36.4 Å². The molecule has 92 valence electrons. The number of nitrogens with one attached hydrogen (secondary N) is 1. The van der Waals surface area contributed by atoms with Crippen molar-refractivity contribution in [3.05, 3.63) is 36.2 Å². The van der Waals surface area contributed by atoms with Crippen molar-refractivity contribution >= 4 is 16.6 Å². The van der Waals surface area contributed by atoms with Crippen molar-refractivity contribution in [2.75, 3.05) is 7.11 Å². The zero-order valence-electron chi connectivity index (χ0n) is 10.2. The Morgan fingerprint density at radius 2 is 2.17 bits per heavy atom. The molecule has 0 radical (unpaired) electrons. The number of pyridine rings is 1. The summed E-state index contributed by atoms with van der Waals surface area (Å²) in [4.78, 5) is 4.46. The Kier molecular flexibility index (Phi) is 2.26. The molecule has 18 heavy (non-hydrogen) atoms. The van der Waals surface area contributed by atoms with Gasteiger partial charge in [-0.1, -0.05) is 6.07 Å². The van der Waals surface area contributed by atoms with E-state index in [4.69, 9.17) is 15.9 Å². The lowest BCUT2D eigenvalue weighted by atomic mass is 9.95. The lowest BCUT2D eigenvalue weighted by Crippen LogP contribution is -2.28. The van der Waals surface area contributed by atoms with Crippen molar-refractivity contribution in [2.45, 2.75) is 18.3 Å². The summed E-state index contributed by atoms with van der Waals surface area (Å²) in [6.07, 6.45) is 3.60. The molecule has 0 saturated heterocycles. The molecule has 3 N–H and O–H groups in total. The molecule has 0 aliphatic heterocycles. The first-order valence-electron chi connectivity index (χ1n) is 5.95. The number of nitrogens with zero attached hydrogens (tertiary/aromatic N) is 1. The van der Waals surface area contributed by atoms with E-state index >= 15 is 0 Å². The van der Waals surface area contributed by atoms with Gasteiger partial charge in [0.25, 0.3) is 0 Å². The van der Waals surface area contributed by atoms with Gasteiger partial charge in [0.15, 0.2) is 0 Å². The van der Waals surface area contributed by atoms with E-state index in [1.165, 1.54) is 0 Å². The molecule has 4 nitrogen and oxygen atoms in total. The first kappa shape index (κ1) is 11.0. The second-order valence-electron chi connectivity index (χ2n) is 4.74. The highest BCUT2D eigenvalue weighted by Gasteiger charge is 2.49. The van der Waals surface area contributed by atoms with Gasteiger partial charge in [-0.25, -0.2) is 0 Å². The van der Waals surface area contributed by atoms with E-state index in [-0.39, 0.29) is 11.3 Å². The Morgan fingerprint density at radius 1 is 1.39 bits per heavy atom. The van der Waals surface area contributed by atoms with Gasteiger partial charge < -0.3 is 10.5 Å². The van der Waals surface area contributed by atoms with Crippen LogP contribution in [0.5, 0.6) is 5.75 Å². The Bertz CT molecular complexity index is 632.